The summed E-state index contributed by atoms with van der Waals surface area (Å²) in [5.74, 6) is 0.847. The zero-order chi connectivity index (χ0) is 13.9. The van der Waals surface area contributed by atoms with E-state index in [-0.39, 0.29) is 6.04 Å². The van der Waals surface area contributed by atoms with Crippen LogP contribution in [0.3, 0.4) is 0 Å². The van der Waals surface area contributed by atoms with Gasteiger partial charge in [0.1, 0.15) is 5.76 Å². The fraction of sp³-hybridized carbons (Fsp3) is 0.133. The highest BCUT2D eigenvalue weighted by Crippen LogP contribution is 2.29. The molecule has 0 aliphatic carbocycles. The van der Waals surface area contributed by atoms with Crippen molar-refractivity contribution in [3.8, 4) is 5.69 Å². The Labute approximate surface area is 125 Å². The number of rotatable bonds is 4. The lowest BCUT2D eigenvalue weighted by molar-refractivity contribution is 0.461. The summed E-state index contributed by atoms with van der Waals surface area (Å²) in [6.45, 7) is 0. The van der Waals surface area contributed by atoms with Crippen molar-refractivity contribution in [1.82, 2.24) is 15.1 Å². The van der Waals surface area contributed by atoms with E-state index in [4.69, 9.17) is 4.42 Å². The van der Waals surface area contributed by atoms with Crippen LogP contribution in [-0.4, -0.2) is 16.8 Å². The molecule has 2 heterocycles. The molecule has 102 valence electrons. The highest BCUT2D eigenvalue weighted by atomic mass is 79.9. The summed E-state index contributed by atoms with van der Waals surface area (Å²) in [7, 11) is 1.90. The summed E-state index contributed by atoms with van der Waals surface area (Å²) in [5, 5.41) is 7.66. The standard InChI is InChI=1S/C15H14BrN3O/c1-17-14(15-13(16)7-8-20-15)11-9-18-19(10-11)12-5-3-2-4-6-12/h2-10,14,17H,1H3. The van der Waals surface area contributed by atoms with E-state index in [1.807, 2.05) is 60.5 Å². The summed E-state index contributed by atoms with van der Waals surface area (Å²) in [6.07, 6.45) is 5.53. The maximum absolute atomic E-state index is 5.54. The molecule has 1 N–H and O–H groups in total. The summed E-state index contributed by atoms with van der Waals surface area (Å²) < 4.78 is 8.35. The van der Waals surface area contributed by atoms with E-state index in [2.05, 4.69) is 26.3 Å². The molecule has 4 nitrogen and oxygen atoms in total. The van der Waals surface area contributed by atoms with Crippen molar-refractivity contribution in [1.29, 1.82) is 0 Å². The van der Waals surface area contributed by atoms with E-state index in [9.17, 15) is 0 Å². The van der Waals surface area contributed by atoms with Crippen LogP contribution in [0, 0.1) is 0 Å². The van der Waals surface area contributed by atoms with E-state index in [1.54, 1.807) is 6.26 Å². The van der Waals surface area contributed by atoms with E-state index >= 15 is 0 Å². The Bertz CT molecular complexity index is 690. The van der Waals surface area contributed by atoms with E-state index in [0.29, 0.717) is 0 Å². The molecule has 0 aliphatic heterocycles. The van der Waals surface area contributed by atoms with E-state index < -0.39 is 0 Å². The number of benzene rings is 1. The maximum atomic E-state index is 5.54. The zero-order valence-corrected chi connectivity index (χ0v) is 12.5. The van der Waals surface area contributed by atoms with Crippen LogP contribution in [0.4, 0.5) is 0 Å². The highest BCUT2D eigenvalue weighted by Gasteiger charge is 2.20. The van der Waals surface area contributed by atoms with Gasteiger partial charge in [0.25, 0.3) is 0 Å². The molecule has 0 radical (unpaired) electrons. The van der Waals surface area contributed by atoms with Crippen molar-refractivity contribution < 1.29 is 4.42 Å². The lowest BCUT2D eigenvalue weighted by atomic mass is 10.1. The number of halogens is 1. The molecule has 0 saturated carbocycles. The van der Waals surface area contributed by atoms with Crippen molar-refractivity contribution in [2.24, 2.45) is 0 Å². The van der Waals surface area contributed by atoms with Gasteiger partial charge < -0.3 is 9.73 Å². The van der Waals surface area contributed by atoms with Gasteiger partial charge in [0.15, 0.2) is 0 Å². The van der Waals surface area contributed by atoms with E-state index in [1.165, 1.54) is 0 Å². The first-order chi connectivity index (χ1) is 9.79. The second-order valence-electron chi connectivity index (χ2n) is 4.41. The highest BCUT2D eigenvalue weighted by molar-refractivity contribution is 9.10. The van der Waals surface area contributed by atoms with Gasteiger partial charge in [0, 0.05) is 11.8 Å². The van der Waals surface area contributed by atoms with Gasteiger partial charge in [-0.2, -0.15) is 5.10 Å². The Balaban J connectivity index is 1.95. The predicted molar refractivity (Wildman–Crippen MR) is 80.9 cm³/mol. The molecular formula is C15H14BrN3O. The number of nitrogens with zero attached hydrogens (tertiary/aromatic N) is 2. The first-order valence-corrected chi connectivity index (χ1v) is 7.09. The van der Waals surface area contributed by atoms with Crippen LogP contribution in [0.25, 0.3) is 5.69 Å². The molecule has 1 aromatic carbocycles. The summed E-state index contributed by atoms with van der Waals surface area (Å²) in [4.78, 5) is 0. The van der Waals surface area contributed by atoms with Gasteiger partial charge >= 0.3 is 0 Å². The third-order valence-electron chi connectivity index (χ3n) is 3.15. The second-order valence-corrected chi connectivity index (χ2v) is 5.26. The quantitative estimate of drug-likeness (QED) is 0.795. The number of hydrogen-bond acceptors (Lipinski definition) is 3. The van der Waals surface area contributed by atoms with Gasteiger partial charge in [-0.25, -0.2) is 4.68 Å². The molecule has 2 aromatic heterocycles. The molecule has 0 amide bonds. The topological polar surface area (TPSA) is 43.0 Å². The predicted octanol–water partition coefficient (Wildman–Crippen LogP) is 3.54. The van der Waals surface area contributed by atoms with Gasteiger partial charge in [-0.1, -0.05) is 18.2 Å². The first-order valence-electron chi connectivity index (χ1n) is 6.29. The largest absolute Gasteiger partial charge is 0.466 e. The average molecular weight is 332 g/mol. The molecule has 0 saturated heterocycles. The SMILES string of the molecule is CNC(c1cnn(-c2ccccc2)c1)c1occc1Br. The third-order valence-corrected chi connectivity index (χ3v) is 3.81. The fourth-order valence-electron chi connectivity index (χ4n) is 2.17. The molecule has 1 unspecified atom stereocenters. The number of furan rings is 1. The van der Waals surface area contributed by atoms with Crippen molar-refractivity contribution in [2.75, 3.05) is 7.05 Å². The average Bonchev–Trinajstić information content (AvgIpc) is 3.12. The van der Waals surface area contributed by atoms with Crippen molar-refractivity contribution in [2.45, 2.75) is 6.04 Å². The van der Waals surface area contributed by atoms with Crippen LogP contribution >= 0.6 is 15.9 Å². The summed E-state index contributed by atoms with van der Waals surface area (Å²) in [5.41, 5.74) is 2.08. The second kappa shape index (κ2) is 5.64. The minimum absolute atomic E-state index is 0.0307. The molecule has 0 spiro atoms. The Morgan fingerprint density at radius 1 is 1.25 bits per heavy atom. The van der Waals surface area contributed by atoms with Gasteiger partial charge in [-0.15, -0.1) is 0 Å². The Kier molecular flexibility index (Phi) is 3.71. The molecule has 0 fully saturated rings. The number of hydrogen-bond donors (Lipinski definition) is 1. The molecule has 1 atom stereocenters. The summed E-state index contributed by atoms with van der Waals surface area (Å²) >= 11 is 3.50. The summed E-state index contributed by atoms with van der Waals surface area (Å²) in [6, 6.07) is 11.9. The third kappa shape index (κ3) is 2.42. The monoisotopic (exact) mass is 331 g/mol. The van der Waals surface area contributed by atoms with E-state index in [0.717, 1.165) is 21.5 Å². The molecule has 0 bridgehead atoms. The number of nitrogens with one attached hydrogen (secondary N) is 1. The van der Waals surface area contributed by atoms with Crippen LogP contribution in [0.15, 0.2) is 63.9 Å². The van der Waals surface area contributed by atoms with Crippen LogP contribution in [0.1, 0.15) is 17.4 Å². The van der Waals surface area contributed by atoms with Crippen LogP contribution < -0.4 is 5.32 Å². The molecule has 20 heavy (non-hydrogen) atoms. The normalized spacial score (nSPS) is 12.5. The molecular weight excluding hydrogens is 318 g/mol. The van der Waals surface area contributed by atoms with Crippen molar-refractivity contribution >= 4 is 15.9 Å². The minimum atomic E-state index is -0.0307. The lowest BCUT2D eigenvalue weighted by Gasteiger charge is -2.12. The first kappa shape index (κ1) is 13.1. The Morgan fingerprint density at radius 2 is 2.05 bits per heavy atom. The van der Waals surface area contributed by atoms with Crippen molar-refractivity contribution in [3.63, 3.8) is 0 Å². The molecule has 3 aromatic rings. The maximum Gasteiger partial charge on any atom is 0.139 e. The van der Waals surface area contributed by atoms with Crippen molar-refractivity contribution in [3.05, 3.63) is 70.9 Å². The number of aromatic nitrogens is 2. The lowest BCUT2D eigenvalue weighted by Crippen LogP contribution is -2.16. The molecule has 5 heteroatoms. The van der Waals surface area contributed by atoms with Gasteiger partial charge in [0.05, 0.1) is 28.7 Å². The van der Waals surface area contributed by atoms with Crippen LogP contribution in [0.5, 0.6) is 0 Å². The van der Waals surface area contributed by atoms with Crippen LogP contribution in [-0.2, 0) is 0 Å². The minimum Gasteiger partial charge on any atom is -0.466 e. The van der Waals surface area contributed by atoms with Gasteiger partial charge in [0.2, 0.25) is 0 Å². The Hall–Kier alpha value is -1.85. The molecule has 3 rings (SSSR count). The zero-order valence-electron chi connectivity index (χ0n) is 11.0. The fourth-order valence-corrected chi connectivity index (χ4v) is 2.60. The van der Waals surface area contributed by atoms with Crippen LogP contribution in [0.2, 0.25) is 0 Å². The van der Waals surface area contributed by atoms with Gasteiger partial charge in [-0.05, 0) is 41.2 Å². The smallest absolute Gasteiger partial charge is 0.139 e. The number of para-hydroxylation sites is 1. The van der Waals surface area contributed by atoms with Gasteiger partial charge in [-0.3, -0.25) is 0 Å². The Morgan fingerprint density at radius 3 is 2.70 bits per heavy atom. The molecule has 0 aliphatic rings.